The van der Waals surface area contributed by atoms with Crippen LogP contribution in [0.1, 0.15) is 58.8 Å². The molecule has 140 valence electrons. The molecular formula is C24H20O4. The summed E-state index contributed by atoms with van der Waals surface area (Å²) >= 11 is 0. The van der Waals surface area contributed by atoms with E-state index in [0.29, 0.717) is 22.5 Å². The molecule has 0 amide bonds. The zero-order chi connectivity index (χ0) is 19.3. The number of hydrogen-bond acceptors (Lipinski definition) is 4. The minimum atomic E-state index is -0.382. The van der Waals surface area contributed by atoms with Crippen LogP contribution in [-0.4, -0.2) is 5.78 Å². The van der Waals surface area contributed by atoms with Crippen molar-refractivity contribution in [3.63, 3.8) is 0 Å². The third-order valence-electron chi connectivity index (χ3n) is 5.81. The van der Waals surface area contributed by atoms with Gasteiger partial charge in [-0.15, -0.1) is 0 Å². The fourth-order valence-corrected chi connectivity index (χ4v) is 4.48. The maximum absolute atomic E-state index is 13.3. The van der Waals surface area contributed by atoms with Crippen molar-refractivity contribution in [1.82, 2.24) is 0 Å². The molecule has 1 aliphatic carbocycles. The smallest absolute Gasteiger partial charge is 0.336 e. The molecule has 0 aliphatic heterocycles. The van der Waals surface area contributed by atoms with Gasteiger partial charge in [-0.1, -0.05) is 43.2 Å². The van der Waals surface area contributed by atoms with E-state index in [2.05, 4.69) is 0 Å². The van der Waals surface area contributed by atoms with Crippen LogP contribution in [-0.2, 0) is 0 Å². The summed E-state index contributed by atoms with van der Waals surface area (Å²) in [5.74, 6) is 0.493. The molecule has 0 atom stereocenters. The first kappa shape index (κ1) is 17.0. The molecule has 28 heavy (non-hydrogen) atoms. The Morgan fingerprint density at radius 2 is 1.75 bits per heavy atom. The van der Waals surface area contributed by atoms with Crippen molar-refractivity contribution in [2.24, 2.45) is 0 Å². The number of carbonyl (C=O) groups excluding carboxylic acids is 1. The third kappa shape index (κ3) is 2.60. The van der Waals surface area contributed by atoms with E-state index in [4.69, 9.17) is 8.83 Å². The highest BCUT2D eigenvalue weighted by atomic mass is 16.4. The van der Waals surface area contributed by atoms with Crippen molar-refractivity contribution < 1.29 is 13.6 Å². The third-order valence-corrected chi connectivity index (χ3v) is 5.81. The minimum absolute atomic E-state index is 0.123. The molecule has 0 unspecified atom stereocenters. The molecule has 1 saturated carbocycles. The fourth-order valence-electron chi connectivity index (χ4n) is 4.48. The molecule has 0 N–H and O–H groups in total. The quantitative estimate of drug-likeness (QED) is 0.340. The van der Waals surface area contributed by atoms with Gasteiger partial charge in [0.1, 0.15) is 11.2 Å². The molecule has 0 spiro atoms. The minimum Gasteiger partial charge on any atom is -0.452 e. The zero-order valence-electron chi connectivity index (χ0n) is 15.7. The lowest BCUT2D eigenvalue weighted by Crippen LogP contribution is -2.06. The molecule has 1 fully saturated rings. The Balaban J connectivity index is 1.86. The van der Waals surface area contributed by atoms with E-state index in [-0.39, 0.29) is 17.3 Å². The van der Waals surface area contributed by atoms with Crippen LogP contribution in [0.15, 0.2) is 62.2 Å². The molecular weight excluding hydrogens is 352 g/mol. The summed E-state index contributed by atoms with van der Waals surface area (Å²) in [6.07, 6.45) is 4.28. The summed E-state index contributed by atoms with van der Waals surface area (Å²) in [7, 11) is 0. The Morgan fingerprint density at radius 3 is 2.50 bits per heavy atom. The van der Waals surface area contributed by atoms with E-state index in [1.165, 1.54) is 6.07 Å². The van der Waals surface area contributed by atoms with Gasteiger partial charge in [-0.3, -0.25) is 4.79 Å². The van der Waals surface area contributed by atoms with E-state index < -0.39 is 0 Å². The molecule has 4 nitrogen and oxygen atoms in total. The van der Waals surface area contributed by atoms with Crippen molar-refractivity contribution in [2.45, 2.75) is 38.5 Å². The van der Waals surface area contributed by atoms with E-state index in [1.54, 1.807) is 12.1 Å². The summed E-state index contributed by atoms with van der Waals surface area (Å²) < 4.78 is 11.7. The summed E-state index contributed by atoms with van der Waals surface area (Å²) in [6.45, 7) is 1.90. The van der Waals surface area contributed by atoms with E-state index in [1.807, 2.05) is 37.3 Å². The standard InChI is InChI=1S/C24H20O4/c1-14-13-19(25)28-23-17(14)11-12-18-21(23)20(15-7-5-6-8-15)24(27-18)22(26)16-9-3-2-4-10-16/h2-4,9-13,15H,5-8H2,1H3. The Labute approximate surface area is 161 Å². The number of rotatable bonds is 3. The van der Waals surface area contributed by atoms with Gasteiger partial charge in [0, 0.05) is 22.6 Å². The molecule has 0 saturated heterocycles. The summed E-state index contributed by atoms with van der Waals surface area (Å²) in [5, 5.41) is 1.66. The molecule has 2 aromatic carbocycles. The van der Waals surface area contributed by atoms with Gasteiger partial charge in [0.05, 0.1) is 5.39 Å². The number of aryl methyl sites for hydroxylation is 1. The highest BCUT2D eigenvalue weighted by Crippen LogP contribution is 2.44. The van der Waals surface area contributed by atoms with Gasteiger partial charge in [-0.2, -0.15) is 0 Å². The molecule has 4 aromatic rings. The molecule has 0 radical (unpaired) electrons. The summed E-state index contributed by atoms with van der Waals surface area (Å²) in [5.41, 5.74) is 3.11. The number of benzene rings is 2. The normalized spacial score (nSPS) is 14.9. The Morgan fingerprint density at radius 1 is 1.00 bits per heavy atom. The number of carbonyl (C=O) groups is 1. The van der Waals surface area contributed by atoms with Gasteiger partial charge in [0.15, 0.2) is 5.76 Å². The molecule has 0 bridgehead atoms. The topological polar surface area (TPSA) is 60.4 Å². The predicted octanol–water partition coefficient (Wildman–Crippen LogP) is 5.74. The number of furan rings is 1. The van der Waals surface area contributed by atoms with Crippen molar-refractivity contribution in [3.05, 3.63) is 81.4 Å². The molecule has 4 heteroatoms. The monoisotopic (exact) mass is 372 g/mol. The van der Waals surface area contributed by atoms with Gasteiger partial charge >= 0.3 is 5.63 Å². The Kier molecular flexibility index (Phi) is 3.93. The molecule has 5 rings (SSSR count). The van der Waals surface area contributed by atoms with E-state index in [0.717, 1.165) is 47.6 Å². The maximum atomic E-state index is 13.3. The summed E-state index contributed by atoms with van der Waals surface area (Å²) in [4.78, 5) is 25.4. The van der Waals surface area contributed by atoms with Gasteiger partial charge < -0.3 is 8.83 Å². The van der Waals surface area contributed by atoms with Crippen molar-refractivity contribution in [1.29, 1.82) is 0 Å². The molecule has 1 aliphatic rings. The Bertz CT molecular complexity index is 1250. The largest absolute Gasteiger partial charge is 0.452 e. The van der Waals surface area contributed by atoms with E-state index >= 15 is 0 Å². The van der Waals surface area contributed by atoms with Crippen molar-refractivity contribution in [3.8, 4) is 0 Å². The Hall–Kier alpha value is -3.14. The van der Waals surface area contributed by atoms with Crippen LogP contribution >= 0.6 is 0 Å². The van der Waals surface area contributed by atoms with Gasteiger partial charge in [0.25, 0.3) is 0 Å². The molecule has 2 heterocycles. The van der Waals surface area contributed by atoms with Crippen molar-refractivity contribution in [2.75, 3.05) is 0 Å². The van der Waals surface area contributed by atoms with Crippen LogP contribution in [0.5, 0.6) is 0 Å². The lowest BCUT2D eigenvalue weighted by molar-refractivity contribution is 0.101. The van der Waals surface area contributed by atoms with Crippen LogP contribution in [0.2, 0.25) is 0 Å². The zero-order valence-corrected chi connectivity index (χ0v) is 15.7. The van der Waals surface area contributed by atoms with Crippen LogP contribution in [0, 0.1) is 6.92 Å². The highest BCUT2D eigenvalue weighted by Gasteiger charge is 2.31. The average Bonchev–Trinajstić information content (AvgIpc) is 3.35. The van der Waals surface area contributed by atoms with Gasteiger partial charge in [-0.25, -0.2) is 4.79 Å². The number of fused-ring (bicyclic) bond motifs is 3. The summed E-state index contributed by atoms with van der Waals surface area (Å²) in [6, 6.07) is 14.5. The van der Waals surface area contributed by atoms with Crippen LogP contribution in [0.25, 0.3) is 21.9 Å². The van der Waals surface area contributed by atoms with Gasteiger partial charge in [0.2, 0.25) is 5.78 Å². The number of ketones is 1. The van der Waals surface area contributed by atoms with E-state index in [9.17, 15) is 9.59 Å². The highest BCUT2D eigenvalue weighted by molar-refractivity contribution is 6.14. The fraction of sp³-hybridized carbons (Fsp3) is 0.250. The maximum Gasteiger partial charge on any atom is 0.336 e. The SMILES string of the molecule is Cc1cc(=O)oc2c1ccc1oc(C(=O)c3ccccc3)c(C3CCCC3)c12. The predicted molar refractivity (Wildman–Crippen MR) is 108 cm³/mol. The molecule has 2 aromatic heterocycles. The lowest BCUT2D eigenvalue weighted by Gasteiger charge is -2.11. The first-order chi connectivity index (χ1) is 13.6. The first-order valence-electron chi connectivity index (χ1n) is 9.73. The van der Waals surface area contributed by atoms with Crippen LogP contribution < -0.4 is 5.63 Å². The lowest BCUT2D eigenvalue weighted by atomic mass is 9.91. The first-order valence-corrected chi connectivity index (χ1v) is 9.73. The second kappa shape index (κ2) is 6.48. The number of hydrogen-bond donors (Lipinski definition) is 0. The van der Waals surface area contributed by atoms with Crippen molar-refractivity contribution >= 4 is 27.7 Å². The average molecular weight is 372 g/mol. The second-order valence-electron chi connectivity index (χ2n) is 7.59. The van der Waals surface area contributed by atoms with Gasteiger partial charge in [-0.05, 0) is 43.4 Å². The second-order valence-corrected chi connectivity index (χ2v) is 7.59. The van der Waals surface area contributed by atoms with Crippen LogP contribution in [0.4, 0.5) is 0 Å². The van der Waals surface area contributed by atoms with Crippen LogP contribution in [0.3, 0.4) is 0 Å².